The fourth-order valence-electron chi connectivity index (χ4n) is 2.48. The maximum Gasteiger partial charge on any atom is 0.318 e. The monoisotopic (exact) mass is 269 g/mol. The Labute approximate surface area is 111 Å². The Morgan fingerprint density at radius 1 is 1.26 bits per heavy atom. The highest BCUT2D eigenvalue weighted by Crippen LogP contribution is 2.17. The zero-order valence-electron chi connectivity index (χ0n) is 10.7. The van der Waals surface area contributed by atoms with Gasteiger partial charge in [-0.25, -0.2) is 4.79 Å². The molecule has 0 aromatic rings. The smallest absolute Gasteiger partial charge is 0.318 e. The molecule has 7 heteroatoms. The van der Waals surface area contributed by atoms with Crippen LogP contribution in [-0.4, -0.2) is 53.6 Å². The molecule has 2 fully saturated rings. The third-order valence-electron chi connectivity index (χ3n) is 3.71. The zero-order chi connectivity index (χ0) is 13.8. The van der Waals surface area contributed by atoms with Gasteiger partial charge in [0.1, 0.15) is 6.04 Å². The largest absolute Gasteiger partial charge is 0.481 e. The van der Waals surface area contributed by atoms with Crippen LogP contribution in [0.15, 0.2) is 0 Å². The highest BCUT2D eigenvalue weighted by atomic mass is 16.4. The second-order valence-corrected chi connectivity index (χ2v) is 5.03. The van der Waals surface area contributed by atoms with Crippen LogP contribution in [0.2, 0.25) is 0 Å². The second kappa shape index (κ2) is 5.90. The van der Waals surface area contributed by atoms with Crippen LogP contribution >= 0.6 is 0 Å². The summed E-state index contributed by atoms with van der Waals surface area (Å²) in [7, 11) is 0. The van der Waals surface area contributed by atoms with E-state index in [-0.39, 0.29) is 17.9 Å². The van der Waals surface area contributed by atoms with Crippen LogP contribution in [0, 0.1) is 5.92 Å². The van der Waals surface area contributed by atoms with Gasteiger partial charge in [-0.3, -0.25) is 9.59 Å². The van der Waals surface area contributed by atoms with E-state index in [1.165, 1.54) is 0 Å². The molecule has 19 heavy (non-hydrogen) atoms. The summed E-state index contributed by atoms with van der Waals surface area (Å²) in [5.41, 5.74) is 0. The molecule has 106 valence electrons. The number of urea groups is 1. The number of amides is 3. The van der Waals surface area contributed by atoms with Crippen molar-refractivity contribution in [1.29, 1.82) is 0 Å². The predicted molar refractivity (Wildman–Crippen MR) is 66.5 cm³/mol. The quantitative estimate of drug-likeness (QED) is 0.645. The van der Waals surface area contributed by atoms with Crippen LogP contribution in [0.5, 0.6) is 0 Å². The number of likely N-dealkylation sites (tertiary alicyclic amines) is 1. The Hall–Kier alpha value is -1.79. The van der Waals surface area contributed by atoms with E-state index in [0.717, 1.165) is 6.42 Å². The summed E-state index contributed by atoms with van der Waals surface area (Å²) in [5, 5.41) is 14.3. The average molecular weight is 269 g/mol. The molecule has 0 aromatic heterocycles. The van der Waals surface area contributed by atoms with E-state index < -0.39 is 12.0 Å². The van der Waals surface area contributed by atoms with E-state index in [0.29, 0.717) is 38.9 Å². The van der Waals surface area contributed by atoms with Crippen LogP contribution in [0.4, 0.5) is 4.79 Å². The van der Waals surface area contributed by atoms with Crippen LogP contribution in [0.1, 0.15) is 25.7 Å². The van der Waals surface area contributed by atoms with Gasteiger partial charge in [0.25, 0.3) is 0 Å². The first-order chi connectivity index (χ1) is 9.08. The van der Waals surface area contributed by atoms with Crippen LogP contribution in [0.3, 0.4) is 0 Å². The Balaban J connectivity index is 1.81. The number of nitrogens with zero attached hydrogens (tertiary/aromatic N) is 1. The van der Waals surface area contributed by atoms with Crippen molar-refractivity contribution in [3.63, 3.8) is 0 Å². The number of carboxylic acids is 1. The van der Waals surface area contributed by atoms with Gasteiger partial charge in [-0.1, -0.05) is 0 Å². The molecule has 2 heterocycles. The molecule has 0 bridgehead atoms. The molecular weight excluding hydrogens is 250 g/mol. The van der Waals surface area contributed by atoms with Crippen molar-refractivity contribution in [2.24, 2.45) is 5.92 Å². The van der Waals surface area contributed by atoms with Gasteiger partial charge in [0.15, 0.2) is 0 Å². The lowest BCUT2D eigenvalue weighted by atomic mass is 9.97. The molecule has 0 aliphatic carbocycles. The van der Waals surface area contributed by atoms with Crippen molar-refractivity contribution in [1.82, 2.24) is 15.5 Å². The van der Waals surface area contributed by atoms with Crippen LogP contribution < -0.4 is 10.6 Å². The normalized spacial score (nSPS) is 24.7. The maximum absolute atomic E-state index is 12.0. The van der Waals surface area contributed by atoms with E-state index >= 15 is 0 Å². The molecule has 0 saturated carbocycles. The van der Waals surface area contributed by atoms with E-state index in [1.807, 2.05) is 0 Å². The lowest BCUT2D eigenvalue weighted by Gasteiger charge is -2.32. The highest BCUT2D eigenvalue weighted by molar-refractivity contribution is 5.87. The van der Waals surface area contributed by atoms with Gasteiger partial charge >= 0.3 is 12.0 Å². The summed E-state index contributed by atoms with van der Waals surface area (Å²) < 4.78 is 0. The van der Waals surface area contributed by atoms with Crippen molar-refractivity contribution in [3.05, 3.63) is 0 Å². The van der Waals surface area contributed by atoms with Crippen LogP contribution in [-0.2, 0) is 9.59 Å². The van der Waals surface area contributed by atoms with Crippen molar-refractivity contribution in [3.8, 4) is 0 Å². The first-order valence-corrected chi connectivity index (χ1v) is 6.64. The Kier molecular flexibility index (Phi) is 4.24. The van der Waals surface area contributed by atoms with Crippen molar-refractivity contribution >= 4 is 17.9 Å². The molecule has 3 amide bonds. The summed E-state index contributed by atoms with van der Waals surface area (Å²) in [4.78, 5) is 35.9. The van der Waals surface area contributed by atoms with E-state index in [9.17, 15) is 14.4 Å². The predicted octanol–water partition coefficient (Wildman–Crippen LogP) is -0.229. The third kappa shape index (κ3) is 3.36. The molecule has 0 aromatic carbocycles. The van der Waals surface area contributed by atoms with Crippen LogP contribution in [0.25, 0.3) is 0 Å². The summed E-state index contributed by atoms with van der Waals surface area (Å²) in [6.45, 7) is 1.52. The summed E-state index contributed by atoms with van der Waals surface area (Å²) in [5.74, 6) is -1.30. The number of hydrogen-bond donors (Lipinski definition) is 3. The second-order valence-electron chi connectivity index (χ2n) is 5.03. The fraction of sp³-hybridized carbons (Fsp3) is 0.750. The molecule has 0 spiro atoms. The molecular formula is C12H19N3O4. The number of carbonyl (C=O) groups is 3. The first kappa shape index (κ1) is 13.6. The van der Waals surface area contributed by atoms with Gasteiger partial charge in [0, 0.05) is 19.6 Å². The van der Waals surface area contributed by atoms with Gasteiger partial charge < -0.3 is 20.6 Å². The van der Waals surface area contributed by atoms with E-state index in [2.05, 4.69) is 10.6 Å². The van der Waals surface area contributed by atoms with Gasteiger partial charge in [-0.15, -0.1) is 0 Å². The first-order valence-electron chi connectivity index (χ1n) is 6.64. The summed E-state index contributed by atoms with van der Waals surface area (Å²) >= 11 is 0. The number of carboxylic acid groups (broad SMARTS) is 1. The van der Waals surface area contributed by atoms with E-state index in [1.54, 1.807) is 4.90 Å². The number of aliphatic carboxylic acids is 1. The minimum Gasteiger partial charge on any atom is -0.481 e. The van der Waals surface area contributed by atoms with Gasteiger partial charge in [-0.2, -0.15) is 0 Å². The average Bonchev–Trinajstić information content (AvgIpc) is 2.41. The molecule has 3 N–H and O–H groups in total. The highest BCUT2D eigenvalue weighted by Gasteiger charge is 2.30. The molecule has 0 radical (unpaired) electrons. The number of rotatable bonds is 2. The SMILES string of the molecule is O=C(O)C1CCN(C(=O)NC2CCCNC2=O)CC1. The molecule has 2 aliphatic rings. The minimum absolute atomic E-state index is 0.139. The fourth-order valence-corrected chi connectivity index (χ4v) is 2.48. The minimum atomic E-state index is -0.799. The zero-order valence-corrected chi connectivity index (χ0v) is 10.7. The number of nitrogens with one attached hydrogen (secondary N) is 2. The number of carbonyl (C=O) groups excluding carboxylic acids is 2. The van der Waals surface area contributed by atoms with Gasteiger partial charge in [0.2, 0.25) is 5.91 Å². The Morgan fingerprint density at radius 3 is 2.53 bits per heavy atom. The van der Waals surface area contributed by atoms with Gasteiger partial charge in [0.05, 0.1) is 5.92 Å². The van der Waals surface area contributed by atoms with Crippen molar-refractivity contribution < 1.29 is 19.5 Å². The molecule has 1 unspecified atom stereocenters. The number of piperidine rings is 2. The molecule has 1 atom stereocenters. The Morgan fingerprint density at radius 2 is 1.95 bits per heavy atom. The van der Waals surface area contributed by atoms with E-state index in [4.69, 9.17) is 5.11 Å². The molecule has 2 rings (SSSR count). The standard InChI is InChI=1S/C12H19N3O4/c16-10-9(2-1-5-13-10)14-12(19)15-6-3-8(4-7-15)11(17)18/h8-9H,1-7H2,(H,13,16)(H,14,19)(H,17,18). The maximum atomic E-state index is 12.0. The lowest BCUT2D eigenvalue weighted by molar-refractivity contribution is -0.143. The number of hydrogen-bond acceptors (Lipinski definition) is 3. The molecule has 2 saturated heterocycles. The Bertz CT molecular complexity index is 377. The lowest BCUT2D eigenvalue weighted by Crippen LogP contribution is -2.54. The van der Waals surface area contributed by atoms with Crippen molar-refractivity contribution in [2.75, 3.05) is 19.6 Å². The molecule has 7 nitrogen and oxygen atoms in total. The van der Waals surface area contributed by atoms with Gasteiger partial charge in [-0.05, 0) is 25.7 Å². The molecule has 2 aliphatic heterocycles. The summed E-state index contributed by atoms with van der Waals surface area (Å²) in [6.07, 6.45) is 2.46. The van der Waals surface area contributed by atoms with Crippen molar-refractivity contribution in [2.45, 2.75) is 31.7 Å². The summed E-state index contributed by atoms with van der Waals surface area (Å²) in [6, 6.07) is -0.732. The topological polar surface area (TPSA) is 98.7 Å². The third-order valence-corrected chi connectivity index (χ3v) is 3.71.